The lowest BCUT2D eigenvalue weighted by atomic mass is 10.2. The molecule has 0 bridgehead atoms. The summed E-state index contributed by atoms with van der Waals surface area (Å²) in [7, 11) is -7.97. The maximum absolute atomic E-state index is 13.5. The van der Waals surface area contributed by atoms with Crippen LogP contribution < -0.4 is 31.1 Å². The molecule has 0 fully saturated rings. The minimum Gasteiger partial charge on any atom is -0.339 e. The molecule has 0 atom stereocenters. The number of fused-ring (bicyclic) bond motifs is 2. The smallest absolute Gasteiger partial charge is 0.289 e. The Morgan fingerprint density at radius 1 is 1.06 bits per heavy atom. The van der Waals surface area contributed by atoms with E-state index in [1.807, 2.05) is 0 Å². The highest BCUT2D eigenvalue weighted by atomic mass is 32.2. The second-order valence-electron chi connectivity index (χ2n) is 7.99. The molecule has 0 saturated heterocycles. The third kappa shape index (κ3) is 4.18. The van der Waals surface area contributed by atoms with E-state index < -0.39 is 42.2 Å². The van der Waals surface area contributed by atoms with E-state index in [0.29, 0.717) is 5.56 Å². The summed E-state index contributed by atoms with van der Waals surface area (Å²) in [6, 6.07) is 10.6. The zero-order chi connectivity index (χ0) is 25.8. The van der Waals surface area contributed by atoms with Crippen molar-refractivity contribution < 1.29 is 21.2 Å². The molecule has 15 heteroatoms. The van der Waals surface area contributed by atoms with Crippen LogP contribution in [0.15, 0.2) is 69.2 Å². The third-order valence-corrected chi connectivity index (χ3v) is 7.34. The standard InChI is InChI=1S/C21H17FN6O6S2/c1-35(31,32)25-14-6-7-15-16(10-14)36(33,34)26-19(24-15)18-20(29)27(11-12-2-4-13(22)5-3-12)17-8-9-23-28(17)21(18)30/h2-10,24-26H,11H2,1H3/b19-18+. The predicted octanol–water partition coefficient (Wildman–Crippen LogP) is -0.396. The molecule has 12 nitrogen and oxygen atoms in total. The van der Waals surface area contributed by atoms with Crippen LogP contribution in [0, 0.1) is 5.82 Å². The first-order valence-electron chi connectivity index (χ1n) is 10.2. The van der Waals surface area contributed by atoms with Gasteiger partial charge in [0.25, 0.3) is 21.1 Å². The largest absolute Gasteiger partial charge is 0.339 e. The van der Waals surface area contributed by atoms with Crippen molar-refractivity contribution in [3.63, 3.8) is 0 Å². The molecule has 0 aliphatic carbocycles. The summed E-state index contributed by atoms with van der Waals surface area (Å²) in [6.07, 6.45) is 2.23. The summed E-state index contributed by atoms with van der Waals surface area (Å²) in [4.78, 5) is 26.3. The average Bonchev–Trinajstić information content (AvgIpc) is 3.27. The summed E-state index contributed by atoms with van der Waals surface area (Å²) in [5, 5.41) is 6.19. The van der Waals surface area contributed by atoms with Gasteiger partial charge in [0, 0.05) is 11.8 Å². The summed E-state index contributed by atoms with van der Waals surface area (Å²) in [5.74, 6) is -0.840. The van der Waals surface area contributed by atoms with Gasteiger partial charge in [-0.05, 0) is 35.9 Å². The first-order valence-corrected chi connectivity index (χ1v) is 13.6. The van der Waals surface area contributed by atoms with Gasteiger partial charge in [-0.2, -0.15) is 9.61 Å². The minimum atomic E-state index is -4.31. The molecule has 0 radical (unpaired) electrons. The van der Waals surface area contributed by atoms with E-state index in [2.05, 4.69) is 19.9 Å². The van der Waals surface area contributed by atoms with Gasteiger partial charge in [-0.3, -0.25) is 23.6 Å². The Labute approximate surface area is 202 Å². The van der Waals surface area contributed by atoms with E-state index in [1.54, 1.807) is 0 Å². The zero-order valence-corrected chi connectivity index (χ0v) is 20.0. The van der Waals surface area contributed by atoms with Crippen LogP contribution in [0.5, 0.6) is 0 Å². The highest BCUT2D eigenvalue weighted by molar-refractivity contribution is 7.92. The van der Waals surface area contributed by atoms with E-state index in [9.17, 15) is 30.8 Å². The SMILES string of the molecule is CS(=O)(=O)Nc1ccc2c(c1)S(=O)(=O)N/C(=c1\c(=O)n(Cc3ccc(F)cc3)c3ccnn3c1=O)N2. The number of aromatic nitrogens is 3. The van der Waals surface area contributed by atoms with Gasteiger partial charge < -0.3 is 5.32 Å². The van der Waals surface area contributed by atoms with Crippen molar-refractivity contribution in [1.29, 1.82) is 0 Å². The Kier molecular flexibility index (Phi) is 5.33. The van der Waals surface area contributed by atoms with Crippen LogP contribution in [0.2, 0.25) is 0 Å². The molecule has 1 aliphatic heterocycles. The van der Waals surface area contributed by atoms with Crippen molar-refractivity contribution >= 4 is 42.9 Å². The van der Waals surface area contributed by atoms with Crippen molar-refractivity contribution in [2.24, 2.45) is 0 Å². The van der Waals surface area contributed by atoms with Crippen molar-refractivity contribution in [3.05, 3.63) is 92.0 Å². The van der Waals surface area contributed by atoms with Crippen LogP contribution in [-0.4, -0.2) is 37.3 Å². The van der Waals surface area contributed by atoms with Crippen LogP contribution in [0.25, 0.3) is 11.5 Å². The molecule has 0 unspecified atom stereocenters. The van der Waals surface area contributed by atoms with Crippen molar-refractivity contribution in [2.45, 2.75) is 11.4 Å². The Hall–Kier alpha value is -4.24. The molecule has 3 heterocycles. The van der Waals surface area contributed by atoms with E-state index in [-0.39, 0.29) is 34.3 Å². The predicted molar refractivity (Wildman–Crippen MR) is 129 cm³/mol. The molecule has 1 aliphatic rings. The average molecular weight is 533 g/mol. The van der Waals surface area contributed by atoms with Gasteiger partial charge in [-0.1, -0.05) is 12.1 Å². The maximum Gasteiger partial charge on any atom is 0.289 e. The van der Waals surface area contributed by atoms with Gasteiger partial charge in [0.1, 0.15) is 27.4 Å². The normalized spacial score (nSPS) is 16.2. The van der Waals surface area contributed by atoms with Gasteiger partial charge in [-0.25, -0.2) is 21.2 Å². The molecule has 36 heavy (non-hydrogen) atoms. The molecule has 3 N–H and O–H groups in total. The molecule has 0 spiro atoms. The van der Waals surface area contributed by atoms with Gasteiger partial charge in [-0.15, -0.1) is 0 Å². The number of halogens is 1. The number of hydrogen-bond acceptors (Lipinski definition) is 8. The van der Waals surface area contributed by atoms with E-state index in [4.69, 9.17) is 0 Å². The topological polar surface area (TPSA) is 161 Å². The molecule has 2 aromatic carbocycles. The van der Waals surface area contributed by atoms with Crippen molar-refractivity contribution in [3.8, 4) is 0 Å². The molecule has 5 rings (SSSR count). The summed E-state index contributed by atoms with van der Waals surface area (Å²) in [6.45, 7) is -0.0429. The third-order valence-electron chi connectivity index (χ3n) is 5.34. The molecule has 2 aromatic heterocycles. The fraction of sp³-hybridized carbons (Fsp3) is 0.0952. The molecular formula is C21H17FN6O6S2. The number of hydrogen-bond donors (Lipinski definition) is 3. The molecular weight excluding hydrogens is 515 g/mol. The maximum atomic E-state index is 13.5. The summed E-state index contributed by atoms with van der Waals surface area (Å²) < 4.78 is 68.9. The first-order chi connectivity index (χ1) is 16.9. The van der Waals surface area contributed by atoms with Gasteiger partial charge in [0.15, 0.2) is 0 Å². The molecule has 0 saturated carbocycles. The highest BCUT2D eigenvalue weighted by Gasteiger charge is 2.28. The fourth-order valence-corrected chi connectivity index (χ4v) is 5.60. The number of nitrogens with one attached hydrogen (secondary N) is 3. The fourth-order valence-electron chi connectivity index (χ4n) is 3.82. The quantitative estimate of drug-likeness (QED) is 0.320. The Morgan fingerprint density at radius 2 is 1.78 bits per heavy atom. The monoisotopic (exact) mass is 532 g/mol. The second kappa shape index (κ2) is 8.17. The summed E-state index contributed by atoms with van der Waals surface area (Å²) >= 11 is 0. The molecule has 4 aromatic rings. The van der Waals surface area contributed by atoms with Gasteiger partial charge in [0.2, 0.25) is 10.0 Å². The van der Waals surface area contributed by atoms with E-state index >= 15 is 0 Å². The van der Waals surface area contributed by atoms with Crippen LogP contribution in [0.4, 0.5) is 15.8 Å². The lowest BCUT2D eigenvalue weighted by Crippen LogP contribution is -2.53. The number of nitrogens with zero attached hydrogens (tertiary/aromatic N) is 3. The number of rotatable bonds is 4. The first kappa shape index (κ1) is 23.5. The van der Waals surface area contributed by atoms with E-state index in [0.717, 1.165) is 16.8 Å². The molecule has 0 amide bonds. The number of sulfonamides is 2. The Morgan fingerprint density at radius 3 is 2.47 bits per heavy atom. The van der Waals surface area contributed by atoms with E-state index in [1.165, 1.54) is 53.2 Å². The number of anilines is 2. The van der Waals surface area contributed by atoms with Crippen molar-refractivity contribution in [2.75, 3.05) is 16.3 Å². The lowest BCUT2D eigenvalue weighted by Gasteiger charge is -2.23. The summed E-state index contributed by atoms with van der Waals surface area (Å²) in [5.41, 5.74) is -0.914. The number of benzene rings is 2. The second-order valence-corrected chi connectivity index (χ2v) is 11.4. The highest BCUT2D eigenvalue weighted by Crippen LogP contribution is 2.30. The lowest BCUT2D eigenvalue weighted by molar-refractivity contribution is 0.589. The van der Waals surface area contributed by atoms with Gasteiger partial charge in [0.05, 0.1) is 24.7 Å². The molecule has 186 valence electrons. The van der Waals surface area contributed by atoms with Crippen LogP contribution in [0.3, 0.4) is 0 Å². The minimum absolute atomic E-state index is 0.0102. The zero-order valence-electron chi connectivity index (χ0n) is 18.4. The van der Waals surface area contributed by atoms with Gasteiger partial charge >= 0.3 is 0 Å². The Bertz CT molecular complexity index is 1930. The van der Waals surface area contributed by atoms with Crippen LogP contribution >= 0.6 is 0 Å². The van der Waals surface area contributed by atoms with Crippen LogP contribution in [-0.2, 0) is 26.6 Å². The van der Waals surface area contributed by atoms with Crippen LogP contribution in [0.1, 0.15) is 5.56 Å². The Balaban J connectivity index is 1.71. The van der Waals surface area contributed by atoms with Crippen molar-refractivity contribution in [1.82, 2.24) is 18.9 Å².